The van der Waals surface area contributed by atoms with E-state index in [1.165, 1.54) is 12.2 Å². The lowest BCUT2D eigenvalue weighted by atomic mass is 9.86. The van der Waals surface area contributed by atoms with Gasteiger partial charge < -0.3 is 55.3 Å². The average Bonchev–Trinajstić information content (AvgIpc) is 2.75. The van der Waals surface area contributed by atoms with E-state index >= 15 is 0 Å². The van der Waals surface area contributed by atoms with Crippen LogP contribution in [-0.4, -0.2) is 115 Å². The van der Waals surface area contributed by atoms with Gasteiger partial charge in [-0.3, -0.25) is 4.79 Å². The maximum absolute atomic E-state index is 11.9. The fourth-order valence-electron chi connectivity index (χ4n) is 4.14. The maximum atomic E-state index is 11.9. The van der Waals surface area contributed by atoms with Gasteiger partial charge in [0.05, 0.1) is 13.2 Å². The SMILES string of the molecule is C=CC[C@]1(O[C@@]2(CC=C)O[C@H](CO)[C@@H](O)[C@H](O)[C@@H]2O)O[C@H](CO)[C@@H](O)[C@H](O)[C@H]1NC(C)=O. The molecule has 2 rings (SSSR count). The molecule has 0 radical (unpaired) electrons. The molecule has 10 atom stereocenters. The minimum absolute atomic E-state index is 0.240. The van der Waals surface area contributed by atoms with E-state index in [1.807, 2.05) is 0 Å². The molecular formula is C20H33NO11. The minimum Gasteiger partial charge on any atom is -0.394 e. The quantitative estimate of drug-likeness (QED) is 0.159. The molecule has 184 valence electrons. The Labute approximate surface area is 185 Å². The summed E-state index contributed by atoms with van der Waals surface area (Å²) in [5, 5.41) is 74.1. The van der Waals surface area contributed by atoms with Crippen molar-refractivity contribution in [2.75, 3.05) is 13.2 Å². The van der Waals surface area contributed by atoms with Crippen LogP contribution in [0.15, 0.2) is 25.3 Å². The Bertz CT molecular complexity index is 676. The lowest BCUT2D eigenvalue weighted by Crippen LogP contribution is -2.75. The molecule has 2 heterocycles. The molecule has 2 aliphatic rings. The third-order valence-electron chi connectivity index (χ3n) is 5.67. The number of aliphatic hydroxyl groups excluding tert-OH is 7. The van der Waals surface area contributed by atoms with Crippen LogP contribution in [0.1, 0.15) is 19.8 Å². The Hall–Kier alpha value is -1.45. The van der Waals surface area contributed by atoms with Crippen LogP contribution < -0.4 is 5.32 Å². The molecule has 1 amide bonds. The van der Waals surface area contributed by atoms with Crippen LogP contribution in [0.4, 0.5) is 0 Å². The molecule has 0 aliphatic carbocycles. The fourth-order valence-corrected chi connectivity index (χ4v) is 4.14. The number of amides is 1. The van der Waals surface area contributed by atoms with Crippen LogP contribution in [0.5, 0.6) is 0 Å². The first-order valence-corrected chi connectivity index (χ1v) is 10.2. The van der Waals surface area contributed by atoms with Gasteiger partial charge in [0, 0.05) is 19.8 Å². The monoisotopic (exact) mass is 463 g/mol. The molecule has 0 saturated carbocycles. The Kier molecular flexibility index (Phi) is 8.92. The summed E-state index contributed by atoms with van der Waals surface area (Å²) >= 11 is 0. The van der Waals surface area contributed by atoms with Gasteiger partial charge in [0.25, 0.3) is 0 Å². The van der Waals surface area contributed by atoms with E-state index in [1.54, 1.807) is 0 Å². The van der Waals surface area contributed by atoms with Crippen LogP contribution in [-0.2, 0) is 19.0 Å². The zero-order valence-corrected chi connectivity index (χ0v) is 17.8. The van der Waals surface area contributed by atoms with E-state index in [-0.39, 0.29) is 12.8 Å². The van der Waals surface area contributed by atoms with Crippen LogP contribution in [0.25, 0.3) is 0 Å². The summed E-state index contributed by atoms with van der Waals surface area (Å²) in [4.78, 5) is 11.9. The van der Waals surface area contributed by atoms with E-state index in [0.29, 0.717) is 0 Å². The number of rotatable bonds is 9. The number of hydrogen-bond acceptors (Lipinski definition) is 11. The highest BCUT2D eigenvalue weighted by Crippen LogP contribution is 2.43. The van der Waals surface area contributed by atoms with Crippen LogP contribution in [0.3, 0.4) is 0 Å². The molecule has 12 nitrogen and oxygen atoms in total. The Balaban J connectivity index is 2.61. The van der Waals surface area contributed by atoms with Gasteiger partial charge in [-0.1, -0.05) is 12.2 Å². The number of aliphatic hydroxyl groups is 7. The third kappa shape index (κ3) is 4.89. The van der Waals surface area contributed by atoms with Gasteiger partial charge >= 0.3 is 0 Å². The first-order valence-electron chi connectivity index (χ1n) is 10.2. The molecule has 8 N–H and O–H groups in total. The second kappa shape index (κ2) is 10.7. The van der Waals surface area contributed by atoms with Crippen molar-refractivity contribution in [3.05, 3.63) is 25.3 Å². The van der Waals surface area contributed by atoms with Gasteiger partial charge in [0.1, 0.15) is 48.8 Å². The van der Waals surface area contributed by atoms with E-state index in [9.17, 15) is 40.5 Å². The van der Waals surface area contributed by atoms with Crippen LogP contribution in [0, 0.1) is 0 Å². The van der Waals surface area contributed by atoms with E-state index in [4.69, 9.17) is 14.2 Å². The van der Waals surface area contributed by atoms with E-state index in [2.05, 4.69) is 18.5 Å². The van der Waals surface area contributed by atoms with Gasteiger partial charge in [0.15, 0.2) is 5.79 Å². The van der Waals surface area contributed by atoms with E-state index in [0.717, 1.165) is 6.92 Å². The highest BCUT2D eigenvalue weighted by Gasteiger charge is 2.62. The number of hydrogen-bond donors (Lipinski definition) is 8. The molecular weight excluding hydrogens is 430 g/mol. The molecule has 12 heteroatoms. The van der Waals surface area contributed by atoms with Crippen molar-refractivity contribution in [3.63, 3.8) is 0 Å². The highest BCUT2D eigenvalue weighted by molar-refractivity contribution is 5.73. The lowest BCUT2D eigenvalue weighted by molar-refractivity contribution is -0.446. The Morgan fingerprint density at radius 2 is 1.38 bits per heavy atom. The topological polar surface area (TPSA) is 198 Å². The van der Waals surface area contributed by atoms with Crippen molar-refractivity contribution in [2.45, 2.75) is 80.1 Å². The molecule has 32 heavy (non-hydrogen) atoms. The summed E-state index contributed by atoms with van der Waals surface area (Å²) in [6.07, 6.45) is -9.30. The first kappa shape index (κ1) is 26.8. The van der Waals surface area contributed by atoms with Crippen molar-refractivity contribution in [1.29, 1.82) is 0 Å². The summed E-state index contributed by atoms with van der Waals surface area (Å²) in [5.74, 6) is -4.85. The molecule has 2 fully saturated rings. The molecule has 0 aromatic carbocycles. The van der Waals surface area contributed by atoms with Crippen LogP contribution in [0.2, 0.25) is 0 Å². The second-order valence-electron chi connectivity index (χ2n) is 7.97. The van der Waals surface area contributed by atoms with Crippen molar-refractivity contribution in [2.24, 2.45) is 0 Å². The predicted molar refractivity (Wildman–Crippen MR) is 108 cm³/mol. The average molecular weight is 463 g/mol. The number of ether oxygens (including phenoxy) is 3. The van der Waals surface area contributed by atoms with Crippen molar-refractivity contribution >= 4 is 5.91 Å². The predicted octanol–water partition coefficient (Wildman–Crippen LogP) is -3.36. The number of carbonyl (C=O) groups excluding carboxylic acids is 1. The van der Waals surface area contributed by atoms with Gasteiger partial charge in [-0.15, -0.1) is 13.2 Å². The molecule has 0 aromatic heterocycles. The minimum atomic E-state index is -2.17. The maximum Gasteiger partial charge on any atom is 0.217 e. The number of nitrogens with one attached hydrogen (secondary N) is 1. The van der Waals surface area contributed by atoms with Gasteiger partial charge in [-0.25, -0.2) is 0 Å². The summed E-state index contributed by atoms with van der Waals surface area (Å²) in [6, 6.07) is -1.44. The second-order valence-corrected chi connectivity index (χ2v) is 7.97. The van der Waals surface area contributed by atoms with E-state index < -0.39 is 79.5 Å². The largest absolute Gasteiger partial charge is 0.394 e. The molecule has 2 aliphatic heterocycles. The van der Waals surface area contributed by atoms with Gasteiger partial charge in [-0.2, -0.15) is 0 Å². The molecule has 0 unspecified atom stereocenters. The third-order valence-corrected chi connectivity index (χ3v) is 5.67. The van der Waals surface area contributed by atoms with Crippen LogP contribution >= 0.6 is 0 Å². The highest BCUT2D eigenvalue weighted by atomic mass is 16.8. The van der Waals surface area contributed by atoms with Crippen molar-refractivity contribution < 1.29 is 54.8 Å². The van der Waals surface area contributed by atoms with Crippen molar-refractivity contribution in [1.82, 2.24) is 5.32 Å². The first-order chi connectivity index (χ1) is 15.0. The van der Waals surface area contributed by atoms with Gasteiger partial charge in [-0.05, 0) is 0 Å². The summed E-state index contributed by atoms with van der Waals surface area (Å²) < 4.78 is 17.6. The summed E-state index contributed by atoms with van der Waals surface area (Å²) in [6.45, 7) is 6.88. The standard InChI is InChI=1S/C20H33NO11/c1-4-6-19(17(21-10(3)24)15(27)13(25)11(8-22)30-19)32-20(7-5-2)18(29)16(28)14(26)12(9-23)31-20/h4-5,11-18,22-23,25-29H,1-2,6-9H2,3H3,(H,21,24)/t11-,12-,13-,14-,15+,16+,17-,18+,19-,20-/m1/s1. The number of carbonyl (C=O) groups is 1. The Morgan fingerprint density at radius 3 is 1.84 bits per heavy atom. The molecule has 0 aromatic rings. The van der Waals surface area contributed by atoms with Crippen molar-refractivity contribution in [3.8, 4) is 0 Å². The summed E-state index contributed by atoms with van der Waals surface area (Å²) in [5.41, 5.74) is 0. The summed E-state index contributed by atoms with van der Waals surface area (Å²) in [7, 11) is 0. The smallest absolute Gasteiger partial charge is 0.217 e. The zero-order chi connectivity index (χ0) is 24.3. The normalized spacial score (nSPS) is 44.6. The fraction of sp³-hybridized carbons (Fsp3) is 0.750. The lowest BCUT2D eigenvalue weighted by Gasteiger charge is -2.56. The zero-order valence-electron chi connectivity index (χ0n) is 17.8. The Morgan fingerprint density at radius 1 is 0.906 bits per heavy atom. The molecule has 0 spiro atoms. The molecule has 0 bridgehead atoms. The molecule has 2 saturated heterocycles. The van der Waals surface area contributed by atoms with Gasteiger partial charge in [0.2, 0.25) is 11.7 Å².